The molecule has 0 spiro atoms. The molecule has 4 heteroatoms. The van der Waals surface area contributed by atoms with Crippen molar-refractivity contribution in [3.63, 3.8) is 0 Å². The maximum atomic E-state index is 5.00. The number of piperidine rings is 1. The standard InChI is InChI=1S/C19H36N4/c1-3-12-23-13-8-17(9-14-23)22-18(20-4-2)21-15-19(10-5-11-19)16-6-7-16/h16-17H,3-15H2,1-2H3,(H2,20,21,22). The minimum absolute atomic E-state index is 0.576. The molecule has 0 unspecified atom stereocenters. The van der Waals surface area contributed by atoms with Crippen LogP contribution >= 0.6 is 0 Å². The molecular weight excluding hydrogens is 284 g/mol. The lowest BCUT2D eigenvalue weighted by Gasteiger charge is -2.41. The van der Waals surface area contributed by atoms with Crippen LogP contribution in [0.4, 0.5) is 0 Å². The first kappa shape index (κ1) is 17.1. The Morgan fingerprint density at radius 3 is 2.39 bits per heavy atom. The summed E-state index contributed by atoms with van der Waals surface area (Å²) < 4.78 is 0. The largest absolute Gasteiger partial charge is 0.357 e. The van der Waals surface area contributed by atoms with Crippen molar-refractivity contribution in [3.8, 4) is 0 Å². The normalized spacial score (nSPS) is 25.9. The molecule has 3 fully saturated rings. The van der Waals surface area contributed by atoms with Crippen molar-refractivity contribution in [1.82, 2.24) is 15.5 Å². The van der Waals surface area contributed by atoms with Crippen LogP contribution in [0.25, 0.3) is 0 Å². The van der Waals surface area contributed by atoms with Crippen LogP contribution < -0.4 is 10.6 Å². The Kier molecular flexibility index (Phi) is 5.84. The molecule has 0 amide bonds. The number of nitrogens with zero attached hydrogens (tertiary/aromatic N) is 2. The zero-order chi connectivity index (χ0) is 16.1. The molecule has 3 rings (SSSR count). The first-order valence-electron chi connectivity index (χ1n) is 10.0. The maximum Gasteiger partial charge on any atom is 0.191 e. The van der Waals surface area contributed by atoms with E-state index in [1.54, 1.807) is 0 Å². The lowest BCUT2D eigenvalue weighted by Crippen LogP contribution is -2.49. The Morgan fingerprint density at radius 2 is 1.87 bits per heavy atom. The van der Waals surface area contributed by atoms with Gasteiger partial charge in [-0.15, -0.1) is 0 Å². The molecule has 0 aromatic rings. The SMILES string of the molecule is CCCN1CCC(NC(=NCC2(C3CC3)CCC2)NCC)CC1. The first-order valence-corrected chi connectivity index (χ1v) is 10.0. The average Bonchev–Trinajstić information content (AvgIpc) is 3.34. The van der Waals surface area contributed by atoms with E-state index in [1.165, 1.54) is 71.0 Å². The second-order valence-electron chi connectivity index (χ2n) is 7.95. The van der Waals surface area contributed by atoms with E-state index in [-0.39, 0.29) is 0 Å². The molecule has 3 aliphatic rings. The fraction of sp³-hybridized carbons (Fsp3) is 0.947. The lowest BCUT2D eigenvalue weighted by molar-refractivity contribution is 0.113. The smallest absolute Gasteiger partial charge is 0.191 e. The molecule has 0 aromatic carbocycles. The molecule has 2 N–H and O–H groups in total. The second kappa shape index (κ2) is 7.87. The van der Waals surface area contributed by atoms with Crippen molar-refractivity contribution in [2.75, 3.05) is 32.7 Å². The number of rotatable bonds is 7. The highest BCUT2D eigenvalue weighted by molar-refractivity contribution is 5.80. The van der Waals surface area contributed by atoms with E-state index < -0.39 is 0 Å². The molecule has 1 aliphatic heterocycles. The number of guanidine groups is 1. The van der Waals surface area contributed by atoms with Crippen LogP contribution in [0.3, 0.4) is 0 Å². The zero-order valence-electron chi connectivity index (χ0n) is 15.2. The summed E-state index contributed by atoms with van der Waals surface area (Å²) in [6.07, 6.45) is 10.9. The van der Waals surface area contributed by atoms with Crippen LogP contribution in [0.5, 0.6) is 0 Å². The minimum atomic E-state index is 0.576. The van der Waals surface area contributed by atoms with Gasteiger partial charge in [-0.25, -0.2) is 0 Å². The van der Waals surface area contributed by atoms with Gasteiger partial charge in [0.25, 0.3) is 0 Å². The van der Waals surface area contributed by atoms with Gasteiger partial charge in [0.15, 0.2) is 5.96 Å². The monoisotopic (exact) mass is 320 g/mol. The van der Waals surface area contributed by atoms with Gasteiger partial charge in [-0.3, -0.25) is 4.99 Å². The van der Waals surface area contributed by atoms with E-state index in [1.807, 2.05) is 0 Å². The lowest BCUT2D eigenvalue weighted by atomic mass is 9.65. The maximum absolute atomic E-state index is 5.00. The highest BCUT2D eigenvalue weighted by atomic mass is 15.2. The van der Waals surface area contributed by atoms with Gasteiger partial charge in [0.05, 0.1) is 0 Å². The van der Waals surface area contributed by atoms with Crippen LogP contribution in [0.15, 0.2) is 4.99 Å². The van der Waals surface area contributed by atoms with Gasteiger partial charge in [0, 0.05) is 32.2 Å². The number of likely N-dealkylation sites (tertiary alicyclic amines) is 1. The molecule has 0 bridgehead atoms. The van der Waals surface area contributed by atoms with E-state index >= 15 is 0 Å². The number of nitrogens with one attached hydrogen (secondary N) is 2. The number of hydrogen-bond acceptors (Lipinski definition) is 2. The van der Waals surface area contributed by atoms with E-state index in [4.69, 9.17) is 4.99 Å². The summed E-state index contributed by atoms with van der Waals surface area (Å²) in [5, 5.41) is 7.18. The summed E-state index contributed by atoms with van der Waals surface area (Å²) >= 11 is 0. The second-order valence-corrected chi connectivity index (χ2v) is 7.95. The zero-order valence-corrected chi connectivity index (χ0v) is 15.2. The van der Waals surface area contributed by atoms with Gasteiger partial charge in [0.2, 0.25) is 0 Å². The molecule has 2 aliphatic carbocycles. The fourth-order valence-electron chi connectivity index (χ4n) is 4.39. The highest BCUT2D eigenvalue weighted by Crippen LogP contribution is 2.57. The molecule has 1 saturated heterocycles. The van der Waals surface area contributed by atoms with Gasteiger partial charge in [-0.05, 0) is 69.7 Å². The topological polar surface area (TPSA) is 39.7 Å². The van der Waals surface area contributed by atoms with Gasteiger partial charge in [-0.2, -0.15) is 0 Å². The van der Waals surface area contributed by atoms with E-state index in [0.29, 0.717) is 11.5 Å². The Labute approximate surface area is 142 Å². The van der Waals surface area contributed by atoms with E-state index in [0.717, 1.165) is 25.0 Å². The van der Waals surface area contributed by atoms with Crippen LogP contribution in [0.2, 0.25) is 0 Å². The molecular formula is C19H36N4. The van der Waals surface area contributed by atoms with Gasteiger partial charge in [-0.1, -0.05) is 13.3 Å². The van der Waals surface area contributed by atoms with Gasteiger partial charge in [0.1, 0.15) is 0 Å². The van der Waals surface area contributed by atoms with Crippen LogP contribution in [-0.2, 0) is 0 Å². The molecule has 0 aromatic heterocycles. The third-order valence-corrected chi connectivity index (χ3v) is 6.16. The van der Waals surface area contributed by atoms with Crippen molar-refractivity contribution in [1.29, 1.82) is 0 Å². The van der Waals surface area contributed by atoms with E-state index in [2.05, 4.69) is 29.4 Å². The molecule has 0 radical (unpaired) electrons. The summed E-state index contributed by atoms with van der Waals surface area (Å²) in [7, 11) is 0. The summed E-state index contributed by atoms with van der Waals surface area (Å²) in [5.74, 6) is 2.05. The predicted molar refractivity (Wildman–Crippen MR) is 97.9 cm³/mol. The third kappa shape index (κ3) is 4.40. The summed E-state index contributed by atoms with van der Waals surface area (Å²) in [4.78, 5) is 7.60. The Morgan fingerprint density at radius 1 is 1.13 bits per heavy atom. The Bertz CT molecular complexity index is 390. The van der Waals surface area contributed by atoms with E-state index in [9.17, 15) is 0 Å². The van der Waals surface area contributed by atoms with Crippen LogP contribution in [-0.4, -0.2) is 49.6 Å². The van der Waals surface area contributed by atoms with Crippen molar-refractivity contribution in [2.45, 2.75) is 71.3 Å². The first-order chi connectivity index (χ1) is 11.3. The minimum Gasteiger partial charge on any atom is -0.357 e. The third-order valence-electron chi connectivity index (χ3n) is 6.16. The van der Waals surface area contributed by atoms with Crippen LogP contribution in [0, 0.1) is 11.3 Å². The Hall–Kier alpha value is -0.770. The fourth-order valence-corrected chi connectivity index (χ4v) is 4.39. The quantitative estimate of drug-likeness (QED) is 0.559. The molecule has 23 heavy (non-hydrogen) atoms. The Balaban J connectivity index is 1.49. The van der Waals surface area contributed by atoms with Gasteiger partial charge < -0.3 is 15.5 Å². The van der Waals surface area contributed by atoms with Crippen LogP contribution in [0.1, 0.15) is 65.2 Å². The molecule has 132 valence electrons. The molecule has 1 heterocycles. The predicted octanol–water partition coefficient (Wildman–Crippen LogP) is 3.00. The van der Waals surface area contributed by atoms with Crippen molar-refractivity contribution < 1.29 is 0 Å². The molecule has 4 nitrogen and oxygen atoms in total. The highest BCUT2D eigenvalue weighted by Gasteiger charge is 2.48. The number of hydrogen-bond donors (Lipinski definition) is 2. The summed E-state index contributed by atoms with van der Waals surface area (Å²) in [6.45, 7) is 10.2. The summed E-state index contributed by atoms with van der Waals surface area (Å²) in [6, 6.07) is 0.596. The number of aliphatic imine (C=N–C) groups is 1. The molecule has 2 saturated carbocycles. The van der Waals surface area contributed by atoms with Gasteiger partial charge >= 0.3 is 0 Å². The average molecular weight is 321 g/mol. The van der Waals surface area contributed by atoms with Crippen molar-refractivity contribution in [3.05, 3.63) is 0 Å². The molecule has 0 atom stereocenters. The summed E-state index contributed by atoms with van der Waals surface area (Å²) in [5.41, 5.74) is 0.576. The van der Waals surface area contributed by atoms with Crippen molar-refractivity contribution >= 4 is 5.96 Å². The van der Waals surface area contributed by atoms with Crippen molar-refractivity contribution in [2.24, 2.45) is 16.3 Å².